The van der Waals surface area contributed by atoms with Gasteiger partial charge in [0.25, 0.3) is 5.91 Å². The number of furan rings is 1. The highest BCUT2D eigenvalue weighted by atomic mass is 79.9. The Bertz CT molecular complexity index is 680. The first-order valence-electron chi connectivity index (χ1n) is 7.22. The number of amides is 1. The van der Waals surface area contributed by atoms with Gasteiger partial charge in [-0.2, -0.15) is 0 Å². The highest BCUT2D eigenvalue weighted by Gasteiger charge is 2.29. The predicted octanol–water partition coefficient (Wildman–Crippen LogP) is 3.19. The molecule has 1 aliphatic rings. The van der Waals surface area contributed by atoms with Crippen LogP contribution in [0.15, 0.2) is 27.1 Å². The molecule has 1 fully saturated rings. The minimum Gasteiger partial charge on any atom is -0.451 e. The van der Waals surface area contributed by atoms with Crippen molar-refractivity contribution < 1.29 is 9.21 Å². The Kier molecular flexibility index (Phi) is 4.04. The van der Waals surface area contributed by atoms with Gasteiger partial charge in [0.1, 0.15) is 5.58 Å². The second kappa shape index (κ2) is 5.81. The van der Waals surface area contributed by atoms with E-state index in [4.69, 9.17) is 4.42 Å². The van der Waals surface area contributed by atoms with Gasteiger partial charge in [0.05, 0.1) is 0 Å². The van der Waals surface area contributed by atoms with Gasteiger partial charge in [-0.05, 0) is 51.1 Å². The van der Waals surface area contributed by atoms with Crippen LogP contribution in [-0.4, -0.2) is 37.5 Å². The van der Waals surface area contributed by atoms with Crippen molar-refractivity contribution in [3.8, 4) is 0 Å². The standard InChI is InChI=1S/C16H19BrN2O2/c1-10-13-7-12(17)3-4-14(13)21-15(10)16(20)19-6-5-11(9-19)8-18-2/h3-4,7,11,18H,5-6,8-9H2,1-2H3. The highest BCUT2D eigenvalue weighted by molar-refractivity contribution is 9.10. The number of aryl methyl sites for hydroxylation is 1. The molecule has 0 radical (unpaired) electrons. The van der Waals surface area contributed by atoms with E-state index < -0.39 is 0 Å². The van der Waals surface area contributed by atoms with E-state index in [2.05, 4.69) is 21.2 Å². The van der Waals surface area contributed by atoms with Gasteiger partial charge in [-0.15, -0.1) is 0 Å². The molecule has 2 heterocycles. The third kappa shape index (κ3) is 2.72. The van der Waals surface area contributed by atoms with Crippen molar-refractivity contribution in [3.63, 3.8) is 0 Å². The summed E-state index contributed by atoms with van der Waals surface area (Å²) in [6, 6.07) is 5.83. The first kappa shape index (κ1) is 14.6. The fourth-order valence-corrected chi connectivity index (χ4v) is 3.37. The number of fused-ring (bicyclic) bond motifs is 1. The summed E-state index contributed by atoms with van der Waals surface area (Å²) in [7, 11) is 1.95. The number of halogens is 1. The lowest BCUT2D eigenvalue weighted by molar-refractivity contribution is 0.0757. The lowest BCUT2D eigenvalue weighted by atomic mass is 10.1. The van der Waals surface area contributed by atoms with Crippen molar-refractivity contribution in [3.05, 3.63) is 34.0 Å². The van der Waals surface area contributed by atoms with Gasteiger partial charge in [0.2, 0.25) is 0 Å². The van der Waals surface area contributed by atoms with Crippen LogP contribution in [0, 0.1) is 12.8 Å². The van der Waals surface area contributed by atoms with Crippen LogP contribution in [0.4, 0.5) is 0 Å². The zero-order valence-corrected chi connectivity index (χ0v) is 13.9. The van der Waals surface area contributed by atoms with Crippen LogP contribution in [0.5, 0.6) is 0 Å². The van der Waals surface area contributed by atoms with E-state index in [1.165, 1.54) is 0 Å². The number of carbonyl (C=O) groups is 1. The van der Waals surface area contributed by atoms with E-state index in [0.29, 0.717) is 11.7 Å². The van der Waals surface area contributed by atoms with Gasteiger partial charge in [-0.3, -0.25) is 4.79 Å². The molecule has 1 atom stereocenters. The molecular formula is C16H19BrN2O2. The summed E-state index contributed by atoms with van der Waals surface area (Å²) in [5, 5.41) is 4.18. The summed E-state index contributed by atoms with van der Waals surface area (Å²) in [5.74, 6) is 1.03. The molecule has 1 amide bonds. The second-order valence-corrected chi connectivity index (χ2v) is 6.58. The lowest BCUT2D eigenvalue weighted by Gasteiger charge is -2.15. The number of hydrogen-bond acceptors (Lipinski definition) is 3. The molecule has 0 saturated carbocycles. The van der Waals surface area contributed by atoms with Crippen LogP contribution < -0.4 is 5.32 Å². The van der Waals surface area contributed by atoms with Crippen LogP contribution in [0.1, 0.15) is 22.5 Å². The Labute approximate surface area is 132 Å². The SMILES string of the molecule is CNCC1CCN(C(=O)c2oc3ccc(Br)cc3c2C)C1. The molecule has 0 spiro atoms. The van der Waals surface area contributed by atoms with Crippen LogP contribution in [-0.2, 0) is 0 Å². The van der Waals surface area contributed by atoms with Gasteiger partial charge in [-0.1, -0.05) is 15.9 Å². The molecule has 1 saturated heterocycles. The van der Waals surface area contributed by atoms with E-state index in [1.807, 2.05) is 37.1 Å². The first-order valence-corrected chi connectivity index (χ1v) is 8.02. The summed E-state index contributed by atoms with van der Waals surface area (Å²) in [4.78, 5) is 14.6. The third-order valence-electron chi connectivity index (χ3n) is 4.16. The summed E-state index contributed by atoms with van der Waals surface area (Å²) in [6.07, 6.45) is 1.05. The molecule has 1 N–H and O–H groups in total. The average Bonchev–Trinajstić information content (AvgIpc) is 3.05. The molecule has 3 rings (SSSR count). The maximum atomic E-state index is 12.7. The largest absolute Gasteiger partial charge is 0.451 e. The fraction of sp³-hybridized carbons (Fsp3) is 0.438. The number of benzene rings is 1. The quantitative estimate of drug-likeness (QED) is 0.924. The highest BCUT2D eigenvalue weighted by Crippen LogP contribution is 2.29. The van der Waals surface area contributed by atoms with E-state index in [-0.39, 0.29) is 5.91 Å². The first-order chi connectivity index (χ1) is 10.1. The monoisotopic (exact) mass is 350 g/mol. The maximum absolute atomic E-state index is 12.7. The average molecular weight is 351 g/mol. The molecule has 2 aromatic rings. The topological polar surface area (TPSA) is 45.5 Å². The van der Waals surface area contributed by atoms with Crippen molar-refractivity contribution in [1.82, 2.24) is 10.2 Å². The minimum atomic E-state index is 0.0124. The zero-order chi connectivity index (χ0) is 15.0. The number of hydrogen-bond donors (Lipinski definition) is 1. The number of nitrogens with one attached hydrogen (secondary N) is 1. The Balaban J connectivity index is 1.87. The number of carbonyl (C=O) groups excluding carboxylic acids is 1. The molecule has 4 nitrogen and oxygen atoms in total. The molecule has 0 bridgehead atoms. The smallest absolute Gasteiger partial charge is 0.289 e. The fourth-order valence-electron chi connectivity index (χ4n) is 3.01. The molecule has 21 heavy (non-hydrogen) atoms. The molecular weight excluding hydrogens is 332 g/mol. The molecule has 0 aliphatic carbocycles. The lowest BCUT2D eigenvalue weighted by Crippen LogP contribution is -2.30. The second-order valence-electron chi connectivity index (χ2n) is 5.66. The van der Waals surface area contributed by atoms with E-state index >= 15 is 0 Å². The van der Waals surface area contributed by atoms with E-state index in [0.717, 1.165) is 47.1 Å². The number of rotatable bonds is 3. The van der Waals surface area contributed by atoms with Crippen LogP contribution in [0.2, 0.25) is 0 Å². The van der Waals surface area contributed by atoms with Crippen molar-refractivity contribution in [2.45, 2.75) is 13.3 Å². The molecule has 1 aromatic carbocycles. The van der Waals surface area contributed by atoms with Crippen LogP contribution in [0.25, 0.3) is 11.0 Å². The van der Waals surface area contributed by atoms with E-state index in [1.54, 1.807) is 0 Å². The predicted molar refractivity (Wildman–Crippen MR) is 86.6 cm³/mol. The normalized spacial score (nSPS) is 18.6. The third-order valence-corrected chi connectivity index (χ3v) is 4.65. The Morgan fingerprint density at radius 2 is 2.33 bits per heavy atom. The Morgan fingerprint density at radius 3 is 3.10 bits per heavy atom. The van der Waals surface area contributed by atoms with Crippen molar-refractivity contribution in [2.24, 2.45) is 5.92 Å². The van der Waals surface area contributed by atoms with Crippen molar-refractivity contribution in [1.29, 1.82) is 0 Å². The van der Waals surface area contributed by atoms with Gasteiger partial charge >= 0.3 is 0 Å². The minimum absolute atomic E-state index is 0.0124. The Hall–Kier alpha value is -1.33. The maximum Gasteiger partial charge on any atom is 0.289 e. The molecule has 112 valence electrons. The zero-order valence-electron chi connectivity index (χ0n) is 12.3. The summed E-state index contributed by atoms with van der Waals surface area (Å²) < 4.78 is 6.79. The van der Waals surface area contributed by atoms with Gasteiger partial charge in [-0.25, -0.2) is 0 Å². The van der Waals surface area contributed by atoms with Crippen LogP contribution in [0.3, 0.4) is 0 Å². The van der Waals surface area contributed by atoms with E-state index in [9.17, 15) is 4.79 Å². The van der Waals surface area contributed by atoms with Gasteiger partial charge < -0.3 is 14.6 Å². The molecule has 1 aromatic heterocycles. The van der Waals surface area contributed by atoms with Crippen molar-refractivity contribution >= 4 is 32.8 Å². The summed E-state index contributed by atoms with van der Waals surface area (Å²) in [6.45, 7) is 4.52. The van der Waals surface area contributed by atoms with Gasteiger partial charge in [0.15, 0.2) is 5.76 Å². The number of nitrogens with zero attached hydrogens (tertiary/aromatic N) is 1. The summed E-state index contributed by atoms with van der Waals surface area (Å²) in [5.41, 5.74) is 1.69. The molecule has 1 aliphatic heterocycles. The van der Waals surface area contributed by atoms with Crippen LogP contribution >= 0.6 is 15.9 Å². The van der Waals surface area contributed by atoms with Crippen molar-refractivity contribution in [2.75, 3.05) is 26.7 Å². The Morgan fingerprint density at radius 1 is 1.52 bits per heavy atom. The molecule has 1 unspecified atom stereocenters. The number of likely N-dealkylation sites (tertiary alicyclic amines) is 1. The molecule has 5 heteroatoms. The summed E-state index contributed by atoms with van der Waals surface area (Å²) >= 11 is 3.46. The van der Waals surface area contributed by atoms with Gasteiger partial charge in [0, 0.05) is 28.5 Å².